The SMILES string of the molecule is COc1ccc2c(c1)c(C1NCCS1)cn2CC(=O)O. The zero-order chi connectivity index (χ0) is 14.1. The van der Waals surface area contributed by atoms with Crippen LogP contribution in [-0.2, 0) is 11.3 Å². The standard InChI is InChI=1S/C14H16N2O3S/c1-19-9-2-3-12-10(6-9)11(14-15-4-5-20-14)7-16(12)8-13(17)18/h2-3,6-7,14-15H,4-5,8H2,1H3,(H,17,18). The summed E-state index contributed by atoms with van der Waals surface area (Å²) >= 11 is 1.84. The number of benzene rings is 1. The molecule has 1 unspecified atom stereocenters. The molecule has 5 nitrogen and oxygen atoms in total. The molecule has 1 aromatic carbocycles. The fraction of sp³-hybridized carbons (Fsp3) is 0.357. The number of nitrogens with zero attached hydrogens (tertiary/aromatic N) is 1. The van der Waals surface area contributed by atoms with E-state index in [4.69, 9.17) is 9.84 Å². The van der Waals surface area contributed by atoms with Crippen molar-refractivity contribution in [1.82, 2.24) is 9.88 Å². The smallest absolute Gasteiger partial charge is 0.323 e. The normalized spacial score (nSPS) is 18.6. The van der Waals surface area contributed by atoms with Crippen LogP contribution in [-0.4, -0.2) is 35.1 Å². The van der Waals surface area contributed by atoms with Crippen LogP contribution < -0.4 is 10.1 Å². The van der Waals surface area contributed by atoms with Crippen LogP contribution in [0.25, 0.3) is 10.9 Å². The van der Waals surface area contributed by atoms with Crippen LogP contribution in [0.15, 0.2) is 24.4 Å². The molecule has 1 aliphatic heterocycles. The van der Waals surface area contributed by atoms with E-state index in [2.05, 4.69) is 5.32 Å². The Labute approximate surface area is 120 Å². The van der Waals surface area contributed by atoms with Crippen molar-refractivity contribution in [3.8, 4) is 5.75 Å². The first kappa shape index (κ1) is 13.3. The van der Waals surface area contributed by atoms with Gasteiger partial charge in [-0.05, 0) is 18.2 Å². The van der Waals surface area contributed by atoms with Crippen molar-refractivity contribution in [3.05, 3.63) is 30.0 Å². The van der Waals surface area contributed by atoms with Gasteiger partial charge < -0.3 is 19.7 Å². The van der Waals surface area contributed by atoms with Crippen molar-refractivity contribution in [2.75, 3.05) is 19.4 Å². The summed E-state index contributed by atoms with van der Waals surface area (Å²) in [5.41, 5.74) is 2.06. The van der Waals surface area contributed by atoms with Crippen molar-refractivity contribution >= 4 is 28.6 Å². The summed E-state index contributed by atoms with van der Waals surface area (Å²) in [6, 6.07) is 5.75. The van der Waals surface area contributed by atoms with Gasteiger partial charge in [0.05, 0.1) is 12.5 Å². The molecule has 1 aliphatic rings. The van der Waals surface area contributed by atoms with Crippen molar-refractivity contribution in [1.29, 1.82) is 0 Å². The topological polar surface area (TPSA) is 63.5 Å². The fourth-order valence-corrected chi connectivity index (χ4v) is 3.62. The molecule has 1 saturated heterocycles. The second-order valence-electron chi connectivity index (χ2n) is 4.69. The molecule has 106 valence electrons. The summed E-state index contributed by atoms with van der Waals surface area (Å²) in [5, 5.41) is 13.7. The number of carboxylic acids is 1. The molecule has 0 radical (unpaired) electrons. The van der Waals surface area contributed by atoms with Crippen LogP contribution in [0.3, 0.4) is 0 Å². The Balaban J connectivity index is 2.13. The molecule has 2 heterocycles. The highest BCUT2D eigenvalue weighted by Crippen LogP contribution is 2.37. The minimum atomic E-state index is -0.837. The number of carboxylic acid groups (broad SMARTS) is 1. The predicted octanol–water partition coefficient (Wildman–Crippen LogP) is 2.07. The molecule has 0 aliphatic carbocycles. The highest BCUT2D eigenvalue weighted by atomic mass is 32.2. The lowest BCUT2D eigenvalue weighted by Crippen LogP contribution is -2.12. The Bertz CT molecular complexity index is 647. The van der Waals surface area contributed by atoms with Gasteiger partial charge in [-0.3, -0.25) is 4.79 Å². The van der Waals surface area contributed by atoms with Gasteiger partial charge in [-0.25, -0.2) is 0 Å². The summed E-state index contributed by atoms with van der Waals surface area (Å²) in [6.45, 7) is 0.950. The van der Waals surface area contributed by atoms with Gasteiger partial charge in [0, 0.05) is 35.0 Å². The number of hydrogen-bond donors (Lipinski definition) is 2. The van der Waals surface area contributed by atoms with Crippen LogP contribution in [0.5, 0.6) is 5.75 Å². The van der Waals surface area contributed by atoms with Crippen molar-refractivity contribution in [2.24, 2.45) is 0 Å². The van der Waals surface area contributed by atoms with Gasteiger partial charge in [0.2, 0.25) is 0 Å². The lowest BCUT2D eigenvalue weighted by molar-refractivity contribution is -0.137. The second kappa shape index (κ2) is 5.38. The van der Waals surface area contributed by atoms with Gasteiger partial charge >= 0.3 is 5.97 Å². The third kappa shape index (κ3) is 2.36. The number of rotatable bonds is 4. The number of ether oxygens (including phenoxy) is 1. The molecule has 0 amide bonds. The molecule has 0 bridgehead atoms. The van der Waals surface area contributed by atoms with E-state index in [0.717, 1.165) is 34.5 Å². The number of aliphatic carboxylic acids is 1. The van der Waals surface area contributed by atoms with Crippen LogP contribution >= 0.6 is 11.8 Å². The van der Waals surface area contributed by atoms with Crippen molar-refractivity contribution in [3.63, 3.8) is 0 Å². The summed E-state index contributed by atoms with van der Waals surface area (Å²) in [7, 11) is 1.64. The van der Waals surface area contributed by atoms with E-state index in [1.54, 1.807) is 11.7 Å². The maximum atomic E-state index is 11.0. The average Bonchev–Trinajstić information content (AvgIpc) is 3.05. The molecule has 6 heteroatoms. The number of fused-ring (bicyclic) bond motifs is 1. The fourth-order valence-electron chi connectivity index (χ4n) is 2.54. The van der Waals surface area contributed by atoms with Gasteiger partial charge in [-0.15, -0.1) is 11.8 Å². The molecule has 2 N–H and O–H groups in total. The molecular weight excluding hydrogens is 276 g/mol. The first-order valence-corrected chi connectivity index (χ1v) is 7.47. The van der Waals surface area contributed by atoms with Gasteiger partial charge in [-0.1, -0.05) is 0 Å². The quantitative estimate of drug-likeness (QED) is 0.903. The van der Waals surface area contributed by atoms with E-state index < -0.39 is 5.97 Å². The van der Waals surface area contributed by atoms with Gasteiger partial charge in [0.15, 0.2) is 0 Å². The highest BCUT2D eigenvalue weighted by molar-refractivity contribution is 7.99. The molecule has 0 saturated carbocycles. The number of nitrogens with one attached hydrogen (secondary N) is 1. The number of methoxy groups -OCH3 is 1. The molecule has 1 atom stereocenters. The number of carbonyl (C=O) groups is 1. The minimum absolute atomic E-state index is 0.0276. The number of thioether (sulfide) groups is 1. The monoisotopic (exact) mass is 292 g/mol. The van der Waals surface area contributed by atoms with E-state index >= 15 is 0 Å². The molecular formula is C14H16N2O3S. The molecule has 1 fully saturated rings. The molecule has 0 spiro atoms. The van der Waals surface area contributed by atoms with E-state index in [-0.39, 0.29) is 11.9 Å². The van der Waals surface area contributed by atoms with E-state index in [1.165, 1.54) is 0 Å². The zero-order valence-corrected chi connectivity index (χ0v) is 11.9. The zero-order valence-electron chi connectivity index (χ0n) is 11.1. The Morgan fingerprint density at radius 1 is 1.60 bits per heavy atom. The number of aromatic nitrogens is 1. The van der Waals surface area contributed by atoms with Gasteiger partial charge in [0.1, 0.15) is 12.3 Å². The summed E-state index contributed by atoms with van der Waals surface area (Å²) in [6.07, 6.45) is 1.94. The second-order valence-corrected chi connectivity index (χ2v) is 5.91. The maximum absolute atomic E-state index is 11.0. The van der Waals surface area contributed by atoms with E-state index in [9.17, 15) is 4.79 Å². The van der Waals surface area contributed by atoms with Crippen LogP contribution in [0.2, 0.25) is 0 Å². The third-order valence-corrected chi connectivity index (χ3v) is 4.62. The first-order valence-electron chi connectivity index (χ1n) is 6.42. The molecule has 3 rings (SSSR count). The number of hydrogen-bond acceptors (Lipinski definition) is 4. The van der Waals surface area contributed by atoms with Crippen molar-refractivity contribution < 1.29 is 14.6 Å². The highest BCUT2D eigenvalue weighted by Gasteiger charge is 2.22. The maximum Gasteiger partial charge on any atom is 0.323 e. The van der Waals surface area contributed by atoms with Crippen LogP contribution in [0.4, 0.5) is 0 Å². The van der Waals surface area contributed by atoms with E-state index in [0.29, 0.717) is 0 Å². The lowest BCUT2D eigenvalue weighted by atomic mass is 10.1. The van der Waals surface area contributed by atoms with Gasteiger partial charge in [-0.2, -0.15) is 0 Å². The minimum Gasteiger partial charge on any atom is -0.497 e. The Hall–Kier alpha value is -1.66. The predicted molar refractivity (Wildman–Crippen MR) is 79.3 cm³/mol. The molecule has 20 heavy (non-hydrogen) atoms. The van der Waals surface area contributed by atoms with Crippen LogP contribution in [0.1, 0.15) is 10.9 Å². The Morgan fingerprint density at radius 3 is 3.10 bits per heavy atom. The summed E-state index contributed by atoms with van der Waals surface area (Å²) in [4.78, 5) is 11.0. The van der Waals surface area contributed by atoms with Crippen molar-refractivity contribution in [2.45, 2.75) is 11.9 Å². The van der Waals surface area contributed by atoms with E-state index in [1.807, 2.05) is 36.2 Å². The molecule has 1 aromatic heterocycles. The van der Waals surface area contributed by atoms with Gasteiger partial charge in [0.25, 0.3) is 0 Å². The first-order chi connectivity index (χ1) is 9.69. The molecule has 2 aromatic rings. The van der Waals surface area contributed by atoms with Crippen LogP contribution in [0, 0.1) is 0 Å². The third-order valence-electron chi connectivity index (χ3n) is 3.42. The largest absolute Gasteiger partial charge is 0.497 e. The summed E-state index contributed by atoms with van der Waals surface area (Å²) in [5.74, 6) is 1.02. The Kier molecular flexibility index (Phi) is 3.58. The lowest BCUT2D eigenvalue weighted by Gasteiger charge is -2.08. The average molecular weight is 292 g/mol. The summed E-state index contributed by atoms with van der Waals surface area (Å²) < 4.78 is 7.06. The Morgan fingerprint density at radius 2 is 2.45 bits per heavy atom.